The van der Waals surface area contributed by atoms with Gasteiger partial charge in [0, 0.05) is 6.42 Å². The standard InChI is InChI=1S/C12H21NO4/c1-15-11(14)6-10-8-16-12(17-10)5-9-3-2-4-13-7-9/h9-10,12-13H,2-8H2,1H3. The maximum Gasteiger partial charge on any atom is 0.308 e. The van der Waals surface area contributed by atoms with Gasteiger partial charge < -0.3 is 19.5 Å². The molecule has 2 aliphatic heterocycles. The molecule has 17 heavy (non-hydrogen) atoms. The number of nitrogens with one attached hydrogen (secondary N) is 1. The smallest absolute Gasteiger partial charge is 0.308 e. The Morgan fingerprint density at radius 1 is 1.53 bits per heavy atom. The molecular formula is C12H21NO4. The number of hydrogen-bond acceptors (Lipinski definition) is 5. The van der Waals surface area contributed by atoms with Crippen LogP contribution in [0.2, 0.25) is 0 Å². The molecule has 3 unspecified atom stereocenters. The Labute approximate surface area is 102 Å². The van der Waals surface area contributed by atoms with Crippen molar-refractivity contribution in [2.45, 2.75) is 38.1 Å². The molecule has 3 atom stereocenters. The van der Waals surface area contributed by atoms with Gasteiger partial charge in [0.05, 0.1) is 26.2 Å². The van der Waals surface area contributed by atoms with Gasteiger partial charge in [0.15, 0.2) is 6.29 Å². The third kappa shape index (κ3) is 3.94. The molecule has 2 rings (SSSR count). The molecule has 0 aromatic heterocycles. The third-order valence-electron chi connectivity index (χ3n) is 3.36. The summed E-state index contributed by atoms with van der Waals surface area (Å²) in [4.78, 5) is 11.1. The summed E-state index contributed by atoms with van der Waals surface area (Å²) in [7, 11) is 1.39. The van der Waals surface area contributed by atoms with Gasteiger partial charge in [0.2, 0.25) is 0 Å². The SMILES string of the molecule is COC(=O)CC1COC(CC2CCCNC2)O1. The predicted octanol–water partition coefficient (Wildman–Crippen LogP) is 0.681. The van der Waals surface area contributed by atoms with Crippen molar-refractivity contribution in [1.29, 1.82) is 0 Å². The molecular weight excluding hydrogens is 222 g/mol. The average molecular weight is 243 g/mol. The van der Waals surface area contributed by atoms with E-state index in [1.54, 1.807) is 0 Å². The number of piperidine rings is 1. The zero-order valence-corrected chi connectivity index (χ0v) is 10.3. The summed E-state index contributed by atoms with van der Waals surface area (Å²) in [5.41, 5.74) is 0. The van der Waals surface area contributed by atoms with E-state index in [4.69, 9.17) is 9.47 Å². The topological polar surface area (TPSA) is 56.8 Å². The second-order valence-electron chi connectivity index (χ2n) is 4.75. The van der Waals surface area contributed by atoms with E-state index in [0.29, 0.717) is 12.5 Å². The minimum Gasteiger partial charge on any atom is -0.469 e. The lowest BCUT2D eigenvalue weighted by atomic mass is 9.96. The van der Waals surface area contributed by atoms with Crippen molar-refractivity contribution in [3.05, 3.63) is 0 Å². The first-order valence-electron chi connectivity index (χ1n) is 6.32. The first-order chi connectivity index (χ1) is 8.28. The summed E-state index contributed by atoms with van der Waals surface area (Å²) in [6.07, 6.45) is 3.39. The minimum absolute atomic E-state index is 0.135. The first-order valence-corrected chi connectivity index (χ1v) is 6.32. The number of ether oxygens (including phenoxy) is 3. The highest BCUT2D eigenvalue weighted by Gasteiger charge is 2.30. The monoisotopic (exact) mass is 243 g/mol. The van der Waals surface area contributed by atoms with Crippen LogP contribution >= 0.6 is 0 Å². The number of carbonyl (C=O) groups is 1. The van der Waals surface area contributed by atoms with Crippen LogP contribution in [0.1, 0.15) is 25.7 Å². The van der Waals surface area contributed by atoms with Crippen LogP contribution in [-0.4, -0.2) is 45.2 Å². The van der Waals surface area contributed by atoms with Gasteiger partial charge in [-0.1, -0.05) is 0 Å². The molecule has 5 nitrogen and oxygen atoms in total. The van der Waals surface area contributed by atoms with Crippen LogP contribution in [0.25, 0.3) is 0 Å². The summed E-state index contributed by atoms with van der Waals surface area (Å²) < 4.78 is 15.9. The van der Waals surface area contributed by atoms with Crippen molar-refractivity contribution in [2.24, 2.45) is 5.92 Å². The Hall–Kier alpha value is -0.650. The third-order valence-corrected chi connectivity index (χ3v) is 3.36. The van der Waals surface area contributed by atoms with Gasteiger partial charge in [-0.2, -0.15) is 0 Å². The van der Waals surface area contributed by atoms with Crippen LogP contribution in [0.5, 0.6) is 0 Å². The lowest BCUT2D eigenvalue weighted by Crippen LogP contribution is -2.32. The molecule has 5 heteroatoms. The van der Waals surface area contributed by atoms with Crippen molar-refractivity contribution in [3.63, 3.8) is 0 Å². The van der Waals surface area contributed by atoms with E-state index in [-0.39, 0.29) is 24.8 Å². The minimum atomic E-state index is -0.237. The fourth-order valence-corrected chi connectivity index (χ4v) is 2.41. The van der Waals surface area contributed by atoms with Gasteiger partial charge in [0.1, 0.15) is 0 Å². The number of esters is 1. The van der Waals surface area contributed by atoms with Crippen molar-refractivity contribution in [2.75, 3.05) is 26.8 Å². The lowest BCUT2D eigenvalue weighted by Gasteiger charge is -2.24. The molecule has 0 radical (unpaired) electrons. The van der Waals surface area contributed by atoms with E-state index < -0.39 is 0 Å². The van der Waals surface area contributed by atoms with Crippen molar-refractivity contribution in [3.8, 4) is 0 Å². The number of hydrogen-bond donors (Lipinski definition) is 1. The van der Waals surface area contributed by atoms with Gasteiger partial charge in [-0.3, -0.25) is 4.79 Å². The Morgan fingerprint density at radius 3 is 3.12 bits per heavy atom. The molecule has 0 saturated carbocycles. The highest BCUT2D eigenvalue weighted by atomic mass is 16.7. The summed E-state index contributed by atoms with van der Waals surface area (Å²) in [6.45, 7) is 2.67. The Bertz CT molecular complexity index is 253. The largest absolute Gasteiger partial charge is 0.469 e. The predicted molar refractivity (Wildman–Crippen MR) is 61.5 cm³/mol. The van der Waals surface area contributed by atoms with Gasteiger partial charge in [-0.05, 0) is 31.8 Å². The van der Waals surface area contributed by atoms with Gasteiger partial charge in [-0.15, -0.1) is 0 Å². The summed E-state index contributed by atoms with van der Waals surface area (Å²) in [6, 6.07) is 0. The molecule has 0 aromatic carbocycles. The summed E-state index contributed by atoms with van der Waals surface area (Å²) in [5.74, 6) is 0.393. The fraction of sp³-hybridized carbons (Fsp3) is 0.917. The summed E-state index contributed by atoms with van der Waals surface area (Å²) in [5, 5.41) is 3.38. The molecule has 2 fully saturated rings. The summed E-state index contributed by atoms with van der Waals surface area (Å²) >= 11 is 0. The van der Waals surface area contributed by atoms with Crippen molar-refractivity contribution >= 4 is 5.97 Å². The Balaban J connectivity index is 1.68. The van der Waals surface area contributed by atoms with Crippen LogP contribution in [0.3, 0.4) is 0 Å². The Morgan fingerprint density at radius 2 is 2.41 bits per heavy atom. The van der Waals surface area contributed by atoms with E-state index in [1.165, 1.54) is 20.0 Å². The molecule has 0 aliphatic carbocycles. The molecule has 0 spiro atoms. The molecule has 0 aromatic rings. The van der Waals surface area contributed by atoms with E-state index in [2.05, 4.69) is 10.1 Å². The van der Waals surface area contributed by atoms with Crippen LogP contribution in [-0.2, 0) is 19.0 Å². The van der Waals surface area contributed by atoms with E-state index in [1.807, 2.05) is 0 Å². The maximum atomic E-state index is 11.1. The molecule has 2 aliphatic rings. The zero-order chi connectivity index (χ0) is 12.1. The van der Waals surface area contributed by atoms with Gasteiger partial charge in [-0.25, -0.2) is 0 Å². The quantitative estimate of drug-likeness (QED) is 0.736. The molecule has 1 N–H and O–H groups in total. The normalized spacial score (nSPS) is 33.6. The fourth-order valence-electron chi connectivity index (χ4n) is 2.41. The van der Waals surface area contributed by atoms with Gasteiger partial charge >= 0.3 is 5.97 Å². The zero-order valence-electron chi connectivity index (χ0n) is 10.3. The van der Waals surface area contributed by atoms with Crippen molar-refractivity contribution < 1.29 is 19.0 Å². The van der Waals surface area contributed by atoms with Crippen LogP contribution in [0, 0.1) is 5.92 Å². The number of rotatable bonds is 4. The maximum absolute atomic E-state index is 11.1. The average Bonchev–Trinajstić information content (AvgIpc) is 2.77. The highest BCUT2D eigenvalue weighted by Crippen LogP contribution is 2.24. The highest BCUT2D eigenvalue weighted by molar-refractivity contribution is 5.69. The lowest BCUT2D eigenvalue weighted by molar-refractivity contribution is -0.144. The van der Waals surface area contributed by atoms with Crippen molar-refractivity contribution in [1.82, 2.24) is 5.32 Å². The van der Waals surface area contributed by atoms with Gasteiger partial charge in [0.25, 0.3) is 0 Å². The van der Waals surface area contributed by atoms with Crippen LogP contribution in [0.4, 0.5) is 0 Å². The second kappa shape index (κ2) is 6.33. The van der Waals surface area contributed by atoms with E-state index >= 15 is 0 Å². The molecule has 0 bridgehead atoms. The molecule has 98 valence electrons. The van der Waals surface area contributed by atoms with E-state index in [9.17, 15) is 4.79 Å². The first kappa shape index (κ1) is 12.8. The van der Waals surface area contributed by atoms with E-state index in [0.717, 1.165) is 19.5 Å². The van der Waals surface area contributed by atoms with Crippen LogP contribution < -0.4 is 5.32 Å². The number of carbonyl (C=O) groups excluding carboxylic acids is 1. The second-order valence-corrected chi connectivity index (χ2v) is 4.75. The molecule has 0 amide bonds. The molecule has 2 heterocycles. The Kier molecular flexibility index (Phi) is 4.76. The molecule has 2 saturated heterocycles. The number of methoxy groups -OCH3 is 1. The van der Waals surface area contributed by atoms with Crippen LogP contribution in [0.15, 0.2) is 0 Å².